The van der Waals surface area contributed by atoms with Crippen molar-refractivity contribution in [2.45, 2.75) is 6.92 Å². The molecule has 1 aliphatic rings. The van der Waals surface area contributed by atoms with Crippen molar-refractivity contribution < 1.29 is 22.4 Å². The quantitative estimate of drug-likeness (QED) is 0.909. The molecule has 0 aromatic heterocycles. The van der Waals surface area contributed by atoms with E-state index in [0.717, 1.165) is 4.31 Å². The summed E-state index contributed by atoms with van der Waals surface area (Å²) in [6, 6.07) is 11.3. The number of anilines is 2. The second-order valence-electron chi connectivity index (χ2n) is 5.76. The minimum absolute atomic E-state index is 0.0442. The summed E-state index contributed by atoms with van der Waals surface area (Å²) in [5, 5.41) is 2.43. The van der Waals surface area contributed by atoms with Crippen LogP contribution in [0.15, 0.2) is 48.5 Å². The number of amides is 2. The summed E-state index contributed by atoms with van der Waals surface area (Å²) in [7, 11) is -3.69. The van der Waals surface area contributed by atoms with Gasteiger partial charge >= 0.3 is 0 Å². The SMILES string of the molecule is C[C@@H]1CS(=O)(=O)N(c2ccc(C(=O)Nc3ccccc3F)cc2)C1=O. The summed E-state index contributed by atoms with van der Waals surface area (Å²) in [5.41, 5.74) is 0.434. The van der Waals surface area contributed by atoms with Gasteiger partial charge in [0.2, 0.25) is 15.9 Å². The maximum absolute atomic E-state index is 13.6. The molecule has 0 saturated carbocycles. The summed E-state index contributed by atoms with van der Waals surface area (Å²) in [6.07, 6.45) is 0. The molecule has 6 nitrogen and oxygen atoms in total. The molecule has 130 valence electrons. The van der Waals surface area contributed by atoms with Crippen LogP contribution in [0.3, 0.4) is 0 Å². The average Bonchev–Trinajstić information content (AvgIpc) is 2.77. The van der Waals surface area contributed by atoms with Gasteiger partial charge in [-0.2, -0.15) is 0 Å². The predicted molar refractivity (Wildman–Crippen MR) is 91.2 cm³/mol. The summed E-state index contributed by atoms with van der Waals surface area (Å²) in [6.45, 7) is 1.55. The van der Waals surface area contributed by atoms with E-state index in [1.54, 1.807) is 13.0 Å². The minimum Gasteiger partial charge on any atom is -0.319 e. The first kappa shape index (κ1) is 17.1. The molecular weight excluding hydrogens is 347 g/mol. The highest BCUT2D eigenvalue weighted by Gasteiger charge is 2.41. The second-order valence-corrected chi connectivity index (χ2v) is 7.63. The Hall–Kier alpha value is -2.74. The van der Waals surface area contributed by atoms with E-state index in [-0.39, 0.29) is 22.7 Å². The molecule has 0 bridgehead atoms. The van der Waals surface area contributed by atoms with E-state index in [1.165, 1.54) is 42.5 Å². The molecule has 0 unspecified atom stereocenters. The molecule has 1 atom stereocenters. The number of nitrogens with zero attached hydrogens (tertiary/aromatic N) is 1. The zero-order valence-electron chi connectivity index (χ0n) is 13.3. The summed E-state index contributed by atoms with van der Waals surface area (Å²) in [5.74, 6) is -2.44. The Labute approximate surface area is 144 Å². The van der Waals surface area contributed by atoms with Crippen LogP contribution in [0.5, 0.6) is 0 Å². The van der Waals surface area contributed by atoms with Crippen molar-refractivity contribution in [2.24, 2.45) is 5.92 Å². The van der Waals surface area contributed by atoms with E-state index >= 15 is 0 Å². The van der Waals surface area contributed by atoms with Gasteiger partial charge in [-0.05, 0) is 36.4 Å². The van der Waals surface area contributed by atoms with Crippen molar-refractivity contribution in [1.82, 2.24) is 0 Å². The van der Waals surface area contributed by atoms with E-state index < -0.39 is 33.6 Å². The van der Waals surface area contributed by atoms with Crippen LogP contribution in [-0.2, 0) is 14.8 Å². The molecule has 8 heteroatoms. The molecule has 1 N–H and O–H groups in total. The third-order valence-corrected chi connectivity index (χ3v) is 5.71. The Kier molecular flexibility index (Phi) is 4.30. The Morgan fingerprint density at radius 2 is 1.80 bits per heavy atom. The minimum atomic E-state index is -3.69. The van der Waals surface area contributed by atoms with Crippen LogP contribution in [-0.4, -0.2) is 26.0 Å². The van der Waals surface area contributed by atoms with Gasteiger partial charge in [0.1, 0.15) is 5.82 Å². The van der Waals surface area contributed by atoms with Crippen molar-refractivity contribution >= 4 is 33.2 Å². The maximum atomic E-state index is 13.6. The molecule has 25 heavy (non-hydrogen) atoms. The van der Waals surface area contributed by atoms with Gasteiger partial charge in [-0.25, -0.2) is 17.1 Å². The number of carbonyl (C=O) groups is 2. The largest absolute Gasteiger partial charge is 0.319 e. The van der Waals surface area contributed by atoms with Crippen LogP contribution in [0.2, 0.25) is 0 Å². The first-order chi connectivity index (χ1) is 11.8. The van der Waals surface area contributed by atoms with E-state index in [1.807, 2.05) is 0 Å². The number of benzene rings is 2. The molecule has 2 aromatic rings. The lowest BCUT2D eigenvalue weighted by Crippen LogP contribution is -2.30. The third-order valence-electron chi connectivity index (χ3n) is 3.85. The van der Waals surface area contributed by atoms with Gasteiger partial charge in [0.25, 0.3) is 5.91 Å². The third kappa shape index (κ3) is 3.25. The highest BCUT2D eigenvalue weighted by molar-refractivity contribution is 7.94. The van der Waals surface area contributed by atoms with Gasteiger partial charge in [-0.1, -0.05) is 19.1 Å². The standard InChI is InChI=1S/C17H15FN2O4S/c1-11-10-25(23,24)20(17(11)22)13-8-6-12(7-9-13)16(21)19-15-5-3-2-4-14(15)18/h2-9,11H,10H2,1H3,(H,19,21)/t11-/m1/s1. The van der Waals surface area contributed by atoms with Crippen LogP contribution in [0, 0.1) is 11.7 Å². The van der Waals surface area contributed by atoms with Gasteiger partial charge in [0, 0.05) is 5.56 Å². The van der Waals surface area contributed by atoms with E-state index in [0.29, 0.717) is 0 Å². The van der Waals surface area contributed by atoms with Gasteiger partial charge in [-0.3, -0.25) is 9.59 Å². The molecule has 0 spiro atoms. The molecular formula is C17H15FN2O4S. The van der Waals surface area contributed by atoms with Crippen LogP contribution in [0.4, 0.5) is 15.8 Å². The Morgan fingerprint density at radius 1 is 1.16 bits per heavy atom. The first-order valence-electron chi connectivity index (χ1n) is 7.52. The number of sulfonamides is 1. The summed E-state index contributed by atoms with van der Waals surface area (Å²) >= 11 is 0. The van der Waals surface area contributed by atoms with Crippen molar-refractivity contribution in [3.8, 4) is 0 Å². The van der Waals surface area contributed by atoms with Crippen molar-refractivity contribution in [3.05, 3.63) is 59.9 Å². The molecule has 1 aliphatic heterocycles. The lowest BCUT2D eigenvalue weighted by atomic mass is 10.1. The molecule has 1 saturated heterocycles. The highest BCUT2D eigenvalue weighted by Crippen LogP contribution is 2.28. The van der Waals surface area contributed by atoms with Crippen molar-refractivity contribution in [2.75, 3.05) is 15.4 Å². The fourth-order valence-corrected chi connectivity index (χ4v) is 4.41. The van der Waals surface area contributed by atoms with Crippen LogP contribution in [0.25, 0.3) is 0 Å². The van der Waals surface area contributed by atoms with Gasteiger partial charge in [-0.15, -0.1) is 0 Å². The fraction of sp³-hybridized carbons (Fsp3) is 0.176. The molecule has 2 amide bonds. The number of halogens is 1. The van der Waals surface area contributed by atoms with E-state index in [2.05, 4.69) is 5.32 Å². The monoisotopic (exact) mass is 362 g/mol. The van der Waals surface area contributed by atoms with Crippen LogP contribution in [0.1, 0.15) is 17.3 Å². The summed E-state index contributed by atoms with van der Waals surface area (Å²) in [4.78, 5) is 24.2. The van der Waals surface area contributed by atoms with Crippen molar-refractivity contribution in [3.63, 3.8) is 0 Å². The van der Waals surface area contributed by atoms with Gasteiger partial charge in [0.05, 0.1) is 23.0 Å². The molecule has 1 fully saturated rings. The predicted octanol–water partition coefficient (Wildman–Crippen LogP) is 2.39. The van der Waals surface area contributed by atoms with Crippen molar-refractivity contribution in [1.29, 1.82) is 0 Å². The maximum Gasteiger partial charge on any atom is 0.255 e. The van der Waals surface area contributed by atoms with Gasteiger partial charge < -0.3 is 5.32 Å². The van der Waals surface area contributed by atoms with Gasteiger partial charge in [0.15, 0.2) is 0 Å². The number of hydrogen-bond acceptors (Lipinski definition) is 4. The Morgan fingerprint density at radius 3 is 2.36 bits per heavy atom. The molecule has 0 aliphatic carbocycles. The topological polar surface area (TPSA) is 83.6 Å². The average molecular weight is 362 g/mol. The van der Waals surface area contributed by atoms with Crippen LogP contribution < -0.4 is 9.62 Å². The molecule has 1 heterocycles. The first-order valence-corrected chi connectivity index (χ1v) is 9.13. The van der Waals surface area contributed by atoms with Crippen LogP contribution >= 0.6 is 0 Å². The Bertz CT molecular complexity index is 941. The number of rotatable bonds is 3. The second kappa shape index (κ2) is 6.29. The highest BCUT2D eigenvalue weighted by atomic mass is 32.2. The number of nitrogens with one attached hydrogen (secondary N) is 1. The molecule has 2 aromatic carbocycles. The van der Waals surface area contributed by atoms with E-state index in [9.17, 15) is 22.4 Å². The fourth-order valence-electron chi connectivity index (χ4n) is 2.59. The normalized spacial score (nSPS) is 19.0. The Balaban J connectivity index is 1.82. The number of carbonyl (C=O) groups excluding carboxylic acids is 2. The lowest BCUT2D eigenvalue weighted by Gasteiger charge is -2.15. The zero-order chi connectivity index (χ0) is 18.2. The molecule has 3 rings (SSSR count). The zero-order valence-corrected chi connectivity index (χ0v) is 14.1. The lowest BCUT2D eigenvalue weighted by molar-refractivity contribution is -0.119. The van der Waals surface area contributed by atoms with E-state index in [4.69, 9.17) is 0 Å². The number of hydrogen-bond donors (Lipinski definition) is 1. The number of para-hydroxylation sites is 1. The summed E-state index contributed by atoms with van der Waals surface area (Å²) < 4.78 is 38.5. The molecule has 0 radical (unpaired) electrons. The smallest absolute Gasteiger partial charge is 0.255 e.